The smallest absolute Gasteiger partial charge is 0.259 e. The quantitative estimate of drug-likeness (QED) is 0.629. The van der Waals surface area contributed by atoms with Gasteiger partial charge in [-0.2, -0.15) is 5.10 Å². The van der Waals surface area contributed by atoms with Crippen molar-refractivity contribution in [3.63, 3.8) is 0 Å². The molecule has 1 aromatic heterocycles. The minimum Gasteiger partial charge on any atom is -0.376 e. The van der Waals surface area contributed by atoms with Gasteiger partial charge in [-0.3, -0.25) is 9.78 Å². The Bertz CT molecular complexity index is 540. The summed E-state index contributed by atoms with van der Waals surface area (Å²) < 4.78 is 0. The van der Waals surface area contributed by atoms with Crippen LogP contribution in [-0.2, 0) is 4.79 Å². The molecule has 0 fully saturated rings. The average Bonchev–Trinajstić information content (AvgIpc) is 2.47. The van der Waals surface area contributed by atoms with Crippen LogP contribution in [0.4, 0.5) is 5.69 Å². The molecule has 96 valence electrons. The molecule has 5 heteroatoms. The second-order valence-corrected chi connectivity index (χ2v) is 3.79. The maximum absolute atomic E-state index is 11.5. The second-order valence-electron chi connectivity index (χ2n) is 3.79. The molecule has 19 heavy (non-hydrogen) atoms. The van der Waals surface area contributed by atoms with Crippen molar-refractivity contribution in [1.29, 1.82) is 0 Å². The molecule has 0 aliphatic heterocycles. The molecule has 0 saturated heterocycles. The Morgan fingerprint density at radius 3 is 2.63 bits per heavy atom. The van der Waals surface area contributed by atoms with E-state index in [1.54, 1.807) is 30.7 Å². The summed E-state index contributed by atoms with van der Waals surface area (Å²) in [5.41, 5.74) is 4.23. The van der Waals surface area contributed by atoms with E-state index in [0.717, 1.165) is 11.3 Å². The molecule has 0 aliphatic rings. The van der Waals surface area contributed by atoms with Crippen LogP contribution in [-0.4, -0.2) is 23.7 Å². The summed E-state index contributed by atoms with van der Waals surface area (Å²) in [5.74, 6) is -0.200. The van der Waals surface area contributed by atoms with Crippen molar-refractivity contribution in [2.24, 2.45) is 5.10 Å². The zero-order valence-electron chi connectivity index (χ0n) is 10.3. The number of nitrogens with one attached hydrogen (secondary N) is 2. The molecule has 0 spiro atoms. The van der Waals surface area contributed by atoms with Crippen molar-refractivity contribution >= 4 is 17.8 Å². The van der Waals surface area contributed by atoms with Crippen LogP contribution < -0.4 is 10.7 Å². The third-order valence-electron chi connectivity index (χ3n) is 2.34. The Balaban J connectivity index is 1.75. The summed E-state index contributed by atoms with van der Waals surface area (Å²) in [6.45, 7) is 0.178. The molecule has 1 aromatic carbocycles. The highest BCUT2D eigenvalue weighted by atomic mass is 16.2. The highest BCUT2D eigenvalue weighted by Gasteiger charge is 1.98. The van der Waals surface area contributed by atoms with Gasteiger partial charge in [-0.15, -0.1) is 0 Å². The number of anilines is 1. The molecule has 0 aliphatic carbocycles. The van der Waals surface area contributed by atoms with E-state index >= 15 is 0 Å². The monoisotopic (exact) mass is 254 g/mol. The average molecular weight is 254 g/mol. The van der Waals surface area contributed by atoms with E-state index in [0.29, 0.717) is 0 Å². The summed E-state index contributed by atoms with van der Waals surface area (Å²) in [6, 6.07) is 13.1. The Labute approximate surface area is 111 Å². The zero-order chi connectivity index (χ0) is 13.3. The van der Waals surface area contributed by atoms with Gasteiger partial charge in [0.15, 0.2) is 0 Å². The van der Waals surface area contributed by atoms with Gasteiger partial charge in [-0.05, 0) is 29.8 Å². The fourth-order valence-corrected chi connectivity index (χ4v) is 1.41. The van der Waals surface area contributed by atoms with Crippen molar-refractivity contribution < 1.29 is 4.79 Å². The molecule has 5 nitrogen and oxygen atoms in total. The maximum atomic E-state index is 11.5. The predicted octanol–water partition coefficient (Wildman–Crippen LogP) is 1.64. The molecule has 0 bridgehead atoms. The van der Waals surface area contributed by atoms with E-state index in [9.17, 15) is 4.79 Å². The van der Waals surface area contributed by atoms with Crippen LogP contribution in [0.15, 0.2) is 60.0 Å². The largest absolute Gasteiger partial charge is 0.376 e. The normalized spacial score (nSPS) is 10.3. The maximum Gasteiger partial charge on any atom is 0.259 e. The fourth-order valence-electron chi connectivity index (χ4n) is 1.41. The lowest BCUT2D eigenvalue weighted by atomic mass is 10.3. The topological polar surface area (TPSA) is 66.4 Å². The molecule has 1 heterocycles. The number of carbonyl (C=O) groups is 1. The van der Waals surface area contributed by atoms with Crippen molar-refractivity contribution in [3.8, 4) is 0 Å². The summed E-state index contributed by atoms with van der Waals surface area (Å²) in [7, 11) is 0. The van der Waals surface area contributed by atoms with Gasteiger partial charge >= 0.3 is 0 Å². The SMILES string of the molecule is O=C(CNc1ccccc1)NN=Cc1ccncc1. The first-order valence-electron chi connectivity index (χ1n) is 5.85. The Hall–Kier alpha value is -2.69. The number of aromatic nitrogens is 1. The third-order valence-corrected chi connectivity index (χ3v) is 2.34. The first kappa shape index (κ1) is 12.8. The number of hydrazone groups is 1. The van der Waals surface area contributed by atoms with E-state index in [-0.39, 0.29) is 12.5 Å². The van der Waals surface area contributed by atoms with Crippen molar-refractivity contribution in [1.82, 2.24) is 10.4 Å². The number of pyridine rings is 1. The van der Waals surface area contributed by atoms with Crippen LogP contribution in [0.2, 0.25) is 0 Å². The number of hydrogen-bond donors (Lipinski definition) is 2. The van der Waals surface area contributed by atoms with Crippen LogP contribution in [0.5, 0.6) is 0 Å². The van der Waals surface area contributed by atoms with E-state index in [1.165, 1.54) is 0 Å². The molecule has 0 unspecified atom stereocenters. The lowest BCUT2D eigenvalue weighted by Crippen LogP contribution is -2.25. The fraction of sp³-hybridized carbons (Fsp3) is 0.0714. The molecule has 2 N–H and O–H groups in total. The van der Waals surface area contributed by atoms with Crippen LogP contribution in [0.25, 0.3) is 0 Å². The lowest BCUT2D eigenvalue weighted by molar-refractivity contribution is -0.119. The highest BCUT2D eigenvalue weighted by molar-refractivity contribution is 5.84. The Morgan fingerprint density at radius 2 is 1.89 bits per heavy atom. The molecule has 2 aromatic rings. The van der Waals surface area contributed by atoms with Crippen LogP contribution >= 0.6 is 0 Å². The van der Waals surface area contributed by atoms with E-state index in [4.69, 9.17) is 0 Å². The number of amides is 1. The van der Waals surface area contributed by atoms with Gasteiger partial charge in [0.05, 0.1) is 12.8 Å². The third kappa shape index (κ3) is 4.59. The minimum absolute atomic E-state index is 0.178. The van der Waals surface area contributed by atoms with Gasteiger partial charge in [-0.1, -0.05) is 18.2 Å². The molecule has 0 saturated carbocycles. The Kier molecular flexibility index (Phi) is 4.64. The van der Waals surface area contributed by atoms with Crippen LogP contribution in [0.1, 0.15) is 5.56 Å². The van der Waals surface area contributed by atoms with Gasteiger partial charge in [-0.25, -0.2) is 5.43 Å². The molecule has 0 radical (unpaired) electrons. The molecule has 2 rings (SSSR count). The second kappa shape index (κ2) is 6.90. The van der Waals surface area contributed by atoms with Gasteiger partial charge in [0.1, 0.15) is 0 Å². The minimum atomic E-state index is -0.200. The summed E-state index contributed by atoms with van der Waals surface area (Å²) >= 11 is 0. The zero-order valence-corrected chi connectivity index (χ0v) is 10.3. The highest BCUT2D eigenvalue weighted by Crippen LogP contribution is 2.03. The van der Waals surface area contributed by atoms with E-state index in [2.05, 4.69) is 20.8 Å². The lowest BCUT2D eigenvalue weighted by Gasteiger charge is -2.04. The molecular weight excluding hydrogens is 240 g/mol. The van der Waals surface area contributed by atoms with Crippen molar-refractivity contribution in [2.75, 3.05) is 11.9 Å². The number of nitrogens with zero attached hydrogens (tertiary/aromatic N) is 2. The number of benzene rings is 1. The first-order valence-corrected chi connectivity index (χ1v) is 5.85. The molecular formula is C14H14N4O. The number of carbonyl (C=O) groups excluding carboxylic acids is 1. The first-order chi connectivity index (χ1) is 9.34. The van der Waals surface area contributed by atoms with Crippen LogP contribution in [0, 0.1) is 0 Å². The van der Waals surface area contributed by atoms with Gasteiger partial charge in [0.2, 0.25) is 0 Å². The summed E-state index contributed by atoms with van der Waals surface area (Å²) in [4.78, 5) is 15.4. The van der Waals surface area contributed by atoms with Gasteiger partial charge in [0, 0.05) is 18.1 Å². The number of rotatable bonds is 5. The van der Waals surface area contributed by atoms with Crippen molar-refractivity contribution in [3.05, 3.63) is 60.4 Å². The number of hydrogen-bond acceptors (Lipinski definition) is 4. The predicted molar refractivity (Wildman–Crippen MR) is 74.9 cm³/mol. The van der Waals surface area contributed by atoms with E-state index < -0.39 is 0 Å². The van der Waals surface area contributed by atoms with Crippen LogP contribution in [0.3, 0.4) is 0 Å². The number of para-hydroxylation sites is 1. The van der Waals surface area contributed by atoms with Gasteiger partial charge < -0.3 is 5.32 Å². The molecule has 0 atom stereocenters. The standard InChI is InChI=1S/C14H14N4O/c19-14(11-16-13-4-2-1-3-5-13)18-17-10-12-6-8-15-9-7-12/h1-10,16H,11H2,(H,18,19). The van der Waals surface area contributed by atoms with Gasteiger partial charge in [0.25, 0.3) is 5.91 Å². The van der Waals surface area contributed by atoms with Crippen molar-refractivity contribution in [2.45, 2.75) is 0 Å². The Morgan fingerprint density at radius 1 is 1.16 bits per heavy atom. The molecule has 1 amide bonds. The van der Waals surface area contributed by atoms with E-state index in [1.807, 2.05) is 30.3 Å². The summed E-state index contributed by atoms with van der Waals surface area (Å²) in [5, 5.41) is 6.86. The summed E-state index contributed by atoms with van der Waals surface area (Å²) in [6.07, 6.45) is 4.91.